The minimum absolute atomic E-state index is 0.275. The van der Waals surface area contributed by atoms with Gasteiger partial charge in [0.1, 0.15) is 0 Å². The second-order valence-corrected chi connectivity index (χ2v) is 4.54. The SMILES string of the molecule is CNc1nc2n(n1)C(c1ccccc1C)CCN2. The van der Waals surface area contributed by atoms with E-state index in [4.69, 9.17) is 0 Å². The third-order valence-electron chi connectivity index (χ3n) is 3.40. The fourth-order valence-electron chi connectivity index (χ4n) is 2.46. The van der Waals surface area contributed by atoms with E-state index in [-0.39, 0.29) is 6.04 Å². The predicted molar refractivity (Wildman–Crippen MR) is 72.0 cm³/mol. The summed E-state index contributed by atoms with van der Waals surface area (Å²) in [6, 6.07) is 8.75. The molecule has 0 spiro atoms. The maximum absolute atomic E-state index is 4.50. The first-order valence-electron chi connectivity index (χ1n) is 6.23. The Labute approximate surface area is 106 Å². The second-order valence-electron chi connectivity index (χ2n) is 4.54. The summed E-state index contributed by atoms with van der Waals surface area (Å²) in [5, 5.41) is 10.8. The van der Waals surface area contributed by atoms with Crippen molar-refractivity contribution in [1.29, 1.82) is 0 Å². The molecule has 0 fully saturated rings. The van der Waals surface area contributed by atoms with Crippen LogP contribution in [0, 0.1) is 6.92 Å². The lowest BCUT2D eigenvalue weighted by molar-refractivity contribution is 0.479. The summed E-state index contributed by atoms with van der Waals surface area (Å²) in [4.78, 5) is 4.40. The average molecular weight is 243 g/mol. The van der Waals surface area contributed by atoms with E-state index in [9.17, 15) is 0 Å². The van der Waals surface area contributed by atoms with Crippen LogP contribution in [0.3, 0.4) is 0 Å². The summed E-state index contributed by atoms with van der Waals surface area (Å²) >= 11 is 0. The van der Waals surface area contributed by atoms with Crippen LogP contribution in [0.15, 0.2) is 24.3 Å². The average Bonchev–Trinajstić information content (AvgIpc) is 2.82. The van der Waals surface area contributed by atoms with Gasteiger partial charge in [0.15, 0.2) is 0 Å². The lowest BCUT2D eigenvalue weighted by Gasteiger charge is -2.25. The molecule has 1 aromatic heterocycles. The first-order chi connectivity index (χ1) is 8.79. The highest BCUT2D eigenvalue weighted by Gasteiger charge is 2.24. The molecule has 1 unspecified atom stereocenters. The largest absolute Gasteiger partial charge is 0.356 e. The van der Waals surface area contributed by atoms with Crippen LogP contribution in [0.1, 0.15) is 23.6 Å². The van der Waals surface area contributed by atoms with Gasteiger partial charge in [0, 0.05) is 13.6 Å². The van der Waals surface area contributed by atoms with Gasteiger partial charge in [0.2, 0.25) is 11.9 Å². The lowest BCUT2D eigenvalue weighted by Crippen LogP contribution is -2.25. The number of rotatable bonds is 2. The Kier molecular flexibility index (Phi) is 2.66. The number of hydrogen-bond donors (Lipinski definition) is 2. The molecule has 0 amide bonds. The molecule has 0 saturated carbocycles. The van der Waals surface area contributed by atoms with Crippen molar-refractivity contribution < 1.29 is 0 Å². The molecule has 0 radical (unpaired) electrons. The van der Waals surface area contributed by atoms with E-state index in [1.807, 2.05) is 11.7 Å². The zero-order chi connectivity index (χ0) is 12.5. The molecule has 0 aliphatic carbocycles. The molecule has 1 aliphatic rings. The molecule has 2 N–H and O–H groups in total. The van der Waals surface area contributed by atoms with Crippen LogP contribution in [0.2, 0.25) is 0 Å². The molecule has 1 aromatic carbocycles. The standard InChI is InChI=1S/C13H17N5/c1-9-5-3-4-6-10(9)11-7-8-15-13-16-12(14-2)17-18(11)13/h3-6,11H,7-8H2,1-2H3,(H2,14,15,16,17). The zero-order valence-corrected chi connectivity index (χ0v) is 10.6. The molecule has 94 valence electrons. The van der Waals surface area contributed by atoms with Crippen molar-refractivity contribution in [3.63, 3.8) is 0 Å². The summed E-state index contributed by atoms with van der Waals surface area (Å²) in [6.07, 6.45) is 1.03. The van der Waals surface area contributed by atoms with Crippen molar-refractivity contribution in [3.8, 4) is 0 Å². The van der Waals surface area contributed by atoms with Crippen molar-refractivity contribution in [1.82, 2.24) is 14.8 Å². The summed E-state index contributed by atoms with van der Waals surface area (Å²) in [5.74, 6) is 1.51. The van der Waals surface area contributed by atoms with Crippen LogP contribution in [0.4, 0.5) is 11.9 Å². The molecule has 1 aliphatic heterocycles. The summed E-state index contributed by atoms with van der Waals surface area (Å²) in [5.41, 5.74) is 2.63. The number of fused-ring (bicyclic) bond motifs is 1. The third-order valence-corrected chi connectivity index (χ3v) is 3.40. The van der Waals surface area contributed by atoms with Gasteiger partial charge in [0.05, 0.1) is 6.04 Å². The highest BCUT2D eigenvalue weighted by molar-refractivity contribution is 5.40. The summed E-state index contributed by atoms with van der Waals surface area (Å²) < 4.78 is 1.98. The number of hydrogen-bond acceptors (Lipinski definition) is 4. The van der Waals surface area contributed by atoms with E-state index >= 15 is 0 Å². The highest BCUT2D eigenvalue weighted by atomic mass is 15.5. The van der Waals surface area contributed by atoms with Gasteiger partial charge >= 0.3 is 0 Å². The molecule has 3 rings (SSSR count). The molecule has 0 saturated heterocycles. The van der Waals surface area contributed by atoms with Crippen LogP contribution in [-0.2, 0) is 0 Å². The molecular formula is C13H17N5. The Morgan fingerprint density at radius 3 is 3.00 bits per heavy atom. The zero-order valence-electron chi connectivity index (χ0n) is 10.6. The van der Waals surface area contributed by atoms with Crippen LogP contribution in [0.25, 0.3) is 0 Å². The molecule has 0 bridgehead atoms. The maximum Gasteiger partial charge on any atom is 0.243 e. The topological polar surface area (TPSA) is 54.8 Å². The van der Waals surface area contributed by atoms with E-state index in [0.29, 0.717) is 5.95 Å². The van der Waals surface area contributed by atoms with Crippen molar-refractivity contribution in [3.05, 3.63) is 35.4 Å². The summed E-state index contributed by atoms with van der Waals surface area (Å²) in [6.45, 7) is 3.08. The van der Waals surface area contributed by atoms with Crippen LogP contribution < -0.4 is 10.6 Å². The predicted octanol–water partition coefficient (Wildman–Crippen LogP) is 2.03. The summed E-state index contributed by atoms with van der Waals surface area (Å²) in [7, 11) is 1.84. The lowest BCUT2D eigenvalue weighted by atomic mass is 9.98. The minimum Gasteiger partial charge on any atom is -0.356 e. The first-order valence-corrected chi connectivity index (χ1v) is 6.23. The first kappa shape index (κ1) is 11.1. The van der Waals surface area contributed by atoms with E-state index < -0.39 is 0 Å². The molecule has 18 heavy (non-hydrogen) atoms. The number of aryl methyl sites for hydroxylation is 1. The smallest absolute Gasteiger partial charge is 0.243 e. The molecular weight excluding hydrogens is 226 g/mol. The van der Waals surface area contributed by atoms with Gasteiger partial charge in [-0.15, -0.1) is 5.10 Å². The van der Waals surface area contributed by atoms with E-state index in [2.05, 4.69) is 51.9 Å². The fraction of sp³-hybridized carbons (Fsp3) is 0.385. The van der Waals surface area contributed by atoms with E-state index in [1.165, 1.54) is 11.1 Å². The number of anilines is 2. The molecule has 2 heterocycles. The van der Waals surface area contributed by atoms with Gasteiger partial charge in [-0.1, -0.05) is 24.3 Å². The molecule has 1 atom stereocenters. The van der Waals surface area contributed by atoms with Gasteiger partial charge in [-0.25, -0.2) is 4.68 Å². The Bertz CT molecular complexity index is 560. The van der Waals surface area contributed by atoms with Crippen LogP contribution in [0.5, 0.6) is 0 Å². The second kappa shape index (κ2) is 4.33. The number of benzene rings is 1. The number of nitrogens with one attached hydrogen (secondary N) is 2. The molecule has 5 nitrogen and oxygen atoms in total. The van der Waals surface area contributed by atoms with Crippen molar-refractivity contribution >= 4 is 11.9 Å². The van der Waals surface area contributed by atoms with Crippen molar-refractivity contribution in [2.24, 2.45) is 0 Å². The van der Waals surface area contributed by atoms with Gasteiger partial charge in [-0.05, 0) is 24.5 Å². The molecule has 2 aromatic rings. The minimum atomic E-state index is 0.275. The maximum atomic E-state index is 4.50. The highest BCUT2D eigenvalue weighted by Crippen LogP contribution is 2.30. The van der Waals surface area contributed by atoms with Gasteiger partial charge < -0.3 is 10.6 Å². The third kappa shape index (κ3) is 1.72. The number of aromatic nitrogens is 3. The van der Waals surface area contributed by atoms with E-state index in [1.54, 1.807) is 0 Å². The quantitative estimate of drug-likeness (QED) is 0.847. The molecule has 5 heteroatoms. The Hall–Kier alpha value is -2.04. The van der Waals surface area contributed by atoms with Gasteiger partial charge in [0.25, 0.3) is 0 Å². The Morgan fingerprint density at radius 2 is 2.22 bits per heavy atom. The van der Waals surface area contributed by atoms with Crippen LogP contribution >= 0.6 is 0 Å². The van der Waals surface area contributed by atoms with Crippen molar-refractivity contribution in [2.45, 2.75) is 19.4 Å². The fourth-order valence-corrected chi connectivity index (χ4v) is 2.46. The van der Waals surface area contributed by atoms with Gasteiger partial charge in [-0.3, -0.25) is 0 Å². The van der Waals surface area contributed by atoms with Crippen molar-refractivity contribution in [2.75, 3.05) is 24.2 Å². The monoisotopic (exact) mass is 243 g/mol. The Balaban J connectivity index is 2.06. The van der Waals surface area contributed by atoms with E-state index in [0.717, 1.165) is 18.9 Å². The van der Waals surface area contributed by atoms with Gasteiger partial charge in [-0.2, -0.15) is 4.98 Å². The number of nitrogens with zero attached hydrogens (tertiary/aromatic N) is 3. The Morgan fingerprint density at radius 1 is 1.39 bits per heavy atom. The van der Waals surface area contributed by atoms with Crippen LogP contribution in [-0.4, -0.2) is 28.4 Å². The normalized spacial score (nSPS) is 18.0.